The fourth-order valence-corrected chi connectivity index (χ4v) is 4.69. The molecule has 0 aliphatic carbocycles. The Hall–Kier alpha value is -3.82. The van der Waals surface area contributed by atoms with E-state index in [0.717, 1.165) is 0 Å². The zero-order valence-corrected chi connectivity index (χ0v) is 24.0. The van der Waals surface area contributed by atoms with Gasteiger partial charge in [0, 0.05) is 0 Å². The van der Waals surface area contributed by atoms with E-state index in [1.807, 2.05) is 20.8 Å². The molecule has 0 unspecified atom stereocenters. The summed E-state index contributed by atoms with van der Waals surface area (Å²) in [7, 11) is 1.73. The summed E-state index contributed by atoms with van der Waals surface area (Å²) in [6.45, 7) is 9.53. The first-order chi connectivity index (χ1) is 18.0. The third kappa shape index (κ3) is 7.59. The van der Waals surface area contributed by atoms with Crippen LogP contribution in [0.1, 0.15) is 55.3 Å². The van der Waals surface area contributed by atoms with Crippen LogP contribution in [0.4, 0.5) is 17.2 Å². The molecule has 1 amide bonds. The molecule has 2 aromatic carbocycles. The molecular weight excluding hydrogens is 553 g/mol. The van der Waals surface area contributed by atoms with E-state index in [2.05, 4.69) is 15.4 Å². The van der Waals surface area contributed by atoms with Gasteiger partial charge in [0.05, 0.1) is 0 Å². The normalized spacial score (nSPS) is 12.3. The predicted molar refractivity (Wildman–Crippen MR) is 143 cm³/mol. The molecule has 3 aromatic rings. The maximum absolute atomic E-state index is 12.6. The second-order valence-corrected chi connectivity index (χ2v) is 11.1. The van der Waals surface area contributed by atoms with Gasteiger partial charge in [-0.3, -0.25) is 0 Å². The maximum atomic E-state index is 12.6. The summed E-state index contributed by atoms with van der Waals surface area (Å²) in [4.78, 5) is 45.7. The van der Waals surface area contributed by atoms with Crippen LogP contribution in [0.25, 0.3) is 0 Å². The summed E-state index contributed by atoms with van der Waals surface area (Å²) < 4.78 is 12.8. The van der Waals surface area contributed by atoms with Crippen LogP contribution < -0.4 is 13.9 Å². The van der Waals surface area contributed by atoms with Gasteiger partial charge in [-0.15, -0.1) is 0 Å². The summed E-state index contributed by atoms with van der Waals surface area (Å²) in [6, 6.07) is 13.6. The molecule has 0 saturated heterocycles. The number of rotatable bonds is 7. The van der Waals surface area contributed by atoms with Gasteiger partial charge in [0.2, 0.25) is 0 Å². The molecule has 11 heteroatoms. The van der Waals surface area contributed by atoms with Crippen molar-refractivity contribution in [2.24, 2.45) is 22.4 Å². The van der Waals surface area contributed by atoms with Crippen LogP contribution >= 0.6 is 0 Å². The van der Waals surface area contributed by atoms with E-state index >= 15 is 0 Å². The van der Waals surface area contributed by atoms with Gasteiger partial charge in [0.1, 0.15) is 0 Å². The van der Waals surface area contributed by atoms with E-state index in [4.69, 9.17) is 14.5 Å². The van der Waals surface area contributed by atoms with Crippen molar-refractivity contribution in [2.45, 2.75) is 34.6 Å². The van der Waals surface area contributed by atoms with Gasteiger partial charge in [-0.05, 0) is 0 Å². The Morgan fingerprint density at radius 3 is 1.95 bits per heavy atom. The second-order valence-electron chi connectivity index (χ2n) is 9.13. The number of ether oxygens (including phenoxy) is 2. The molecule has 0 aliphatic rings. The zero-order chi connectivity index (χ0) is 27.9. The standard InChI is InChI=1S/C27H31N5O5Se/c1-7-36-23(33)17-9-13-19(14-10-17)28-21-22(29-20-15-11-18(12-16-20)24(34)37-8-2)38-26(32(6)31-21)30-25(35)27(3,4)5/h9-16H,7-8H2,1-6H3,(H,28,31). The molecule has 1 N–H and O–H groups in total. The molecule has 0 fully saturated rings. The number of hydrogen-bond donors (Lipinski definition) is 1. The second kappa shape index (κ2) is 12.6. The molecule has 38 heavy (non-hydrogen) atoms. The van der Waals surface area contributed by atoms with Crippen molar-refractivity contribution in [1.82, 2.24) is 9.78 Å². The summed E-state index contributed by atoms with van der Waals surface area (Å²) >= 11 is -0.468. The van der Waals surface area contributed by atoms with Gasteiger partial charge in [-0.2, -0.15) is 0 Å². The number of carbonyl (C=O) groups is 3. The Morgan fingerprint density at radius 1 is 0.921 bits per heavy atom. The summed E-state index contributed by atoms with van der Waals surface area (Å²) in [6.07, 6.45) is 0. The number of nitrogens with one attached hydrogen (secondary N) is 1. The number of hydrogen-bond acceptors (Lipinski definition) is 8. The number of nitrogens with zero attached hydrogens (tertiary/aromatic N) is 4. The Balaban J connectivity index is 2.07. The van der Waals surface area contributed by atoms with Crippen molar-refractivity contribution in [3.05, 3.63) is 68.3 Å². The SMILES string of the molecule is CCOC(=O)c1ccc(N=c2[se]c(=NC(=O)C(C)(C)C)n(C)nc2Nc2ccc(C(=O)OCC)cc2)cc1. The van der Waals surface area contributed by atoms with Crippen LogP contribution in [0.3, 0.4) is 0 Å². The number of amides is 1. The van der Waals surface area contributed by atoms with E-state index in [-0.39, 0.29) is 5.91 Å². The summed E-state index contributed by atoms with van der Waals surface area (Å²) in [5, 5.41) is 7.86. The molecule has 10 nitrogen and oxygen atoms in total. The van der Waals surface area contributed by atoms with Gasteiger partial charge < -0.3 is 0 Å². The Morgan fingerprint density at radius 2 is 1.45 bits per heavy atom. The van der Waals surface area contributed by atoms with Crippen molar-refractivity contribution >= 4 is 49.5 Å². The molecule has 0 aliphatic heterocycles. The van der Waals surface area contributed by atoms with Gasteiger partial charge in [0.15, 0.2) is 0 Å². The molecule has 0 atom stereocenters. The van der Waals surface area contributed by atoms with E-state index in [1.165, 1.54) is 0 Å². The average molecular weight is 585 g/mol. The van der Waals surface area contributed by atoms with Crippen molar-refractivity contribution in [1.29, 1.82) is 0 Å². The van der Waals surface area contributed by atoms with Gasteiger partial charge in [-0.1, -0.05) is 0 Å². The Kier molecular flexibility index (Phi) is 9.55. The van der Waals surface area contributed by atoms with Crippen LogP contribution in [0.15, 0.2) is 58.5 Å². The Labute approximate surface area is 226 Å². The topological polar surface area (TPSA) is 124 Å². The van der Waals surface area contributed by atoms with Crippen LogP contribution in [-0.2, 0) is 21.3 Å². The summed E-state index contributed by atoms with van der Waals surface area (Å²) in [5.41, 5.74) is 1.53. The van der Waals surface area contributed by atoms with Gasteiger partial charge in [-0.25, -0.2) is 0 Å². The van der Waals surface area contributed by atoms with Crippen LogP contribution in [0, 0.1) is 5.41 Å². The first-order valence-corrected chi connectivity index (χ1v) is 13.8. The van der Waals surface area contributed by atoms with Crippen molar-refractivity contribution in [3.63, 3.8) is 0 Å². The fraction of sp³-hybridized carbons (Fsp3) is 0.333. The fourth-order valence-electron chi connectivity index (χ4n) is 2.98. The average Bonchev–Trinajstić information content (AvgIpc) is 2.87. The van der Waals surface area contributed by atoms with Crippen molar-refractivity contribution in [2.75, 3.05) is 18.5 Å². The first kappa shape index (κ1) is 28.7. The number of esters is 2. The molecule has 200 valence electrons. The van der Waals surface area contributed by atoms with E-state index in [0.29, 0.717) is 50.1 Å². The van der Waals surface area contributed by atoms with Crippen LogP contribution in [0.5, 0.6) is 0 Å². The van der Waals surface area contributed by atoms with Crippen molar-refractivity contribution < 1.29 is 23.9 Å². The third-order valence-electron chi connectivity index (χ3n) is 5.02. The molecule has 3 rings (SSSR count). The number of aromatic nitrogens is 2. The van der Waals surface area contributed by atoms with Crippen LogP contribution in [-0.4, -0.2) is 55.3 Å². The summed E-state index contributed by atoms with van der Waals surface area (Å²) in [5.74, 6) is -0.566. The minimum absolute atomic E-state index is 0.250. The third-order valence-corrected chi connectivity index (χ3v) is 7.16. The van der Waals surface area contributed by atoms with Gasteiger partial charge in [0.25, 0.3) is 0 Å². The number of aryl methyl sites for hydroxylation is 1. The molecule has 0 bridgehead atoms. The molecular formula is C27H31N5O5Se. The molecule has 0 radical (unpaired) electrons. The monoisotopic (exact) mass is 585 g/mol. The number of carbonyl (C=O) groups excluding carboxylic acids is 3. The number of anilines is 2. The van der Waals surface area contributed by atoms with E-state index < -0.39 is 31.9 Å². The minimum atomic E-state index is -0.632. The zero-order valence-electron chi connectivity index (χ0n) is 22.3. The molecule has 1 heterocycles. The Bertz CT molecular complexity index is 1450. The molecule has 0 spiro atoms. The quantitative estimate of drug-likeness (QED) is 0.334. The van der Waals surface area contributed by atoms with E-state index in [9.17, 15) is 14.4 Å². The predicted octanol–water partition coefficient (Wildman–Crippen LogP) is 3.28. The molecule has 0 saturated carbocycles. The number of benzene rings is 2. The van der Waals surface area contributed by atoms with Crippen molar-refractivity contribution in [3.8, 4) is 0 Å². The van der Waals surface area contributed by atoms with Gasteiger partial charge >= 0.3 is 227 Å². The van der Waals surface area contributed by atoms with E-state index in [1.54, 1.807) is 74.1 Å². The first-order valence-electron chi connectivity index (χ1n) is 12.1. The molecule has 1 aromatic heterocycles. The van der Waals surface area contributed by atoms with Crippen LogP contribution in [0.2, 0.25) is 0 Å².